The summed E-state index contributed by atoms with van der Waals surface area (Å²) < 4.78 is 5.14. The molecule has 1 atom stereocenters. The van der Waals surface area contributed by atoms with Crippen LogP contribution in [0.2, 0.25) is 0 Å². The molecule has 1 saturated heterocycles. The number of fused-ring (bicyclic) bond motifs is 1. The Balaban J connectivity index is 2.42. The lowest BCUT2D eigenvalue weighted by atomic mass is 9.96. The standard InChI is InChI=1S/C9H10O2S/c1-9(2)6-4-3-5-11-7(6)8(10)12-9/h3-5,7H,1-2H3. The van der Waals surface area contributed by atoms with Crippen LogP contribution in [0.15, 0.2) is 24.0 Å². The van der Waals surface area contributed by atoms with Gasteiger partial charge in [-0.1, -0.05) is 17.8 Å². The quantitative estimate of drug-likeness (QED) is 0.572. The van der Waals surface area contributed by atoms with Gasteiger partial charge in [0.05, 0.1) is 6.26 Å². The molecule has 1 unspecified atom stereocenters. The van der Waals surface area contributed by atoms with Crippen LogP contribution in [0.25, 0.3) is 0 Å². The lowest BCUT2D eigenvalue weighted by Gasteiger charge is -2.21. The number of thioether (sulfide) groups is 1. The third-order valence-corrected chi connectivity index (χ3v) is 3.28. The molecule has 1 fully saturated rings. The highest BCUT2D eigenvalue weighted by molar-refractivity contribution is 8.15. The highest BCUT2D eigenvalue weighted by Gasteiger charge is 2.45. The number of allylic oxidation sites excluding steroid dienone is 2. The molecule has 2 aliphatic rings. The molecule has 0 aromatic heterocycles. The molecule has 3 heteroatoms. The van der Waals surface area contributed by atoms with Crippen molar-refractivity contribution < 1.29 is 9.53 Å². The van der Waals surface area contributed by atoms with Gasteiger partial charge in [-0.05, 0) is 25.5 Å². The van der Waals surface area contributed by atoms with Crippen LogP contribution in [-0.4, -0.2) is 16.0 Å². The summed E-state index contributed by atoms with van der Waals surface area (Å²) in [6.45, 7) is 4.09. The SMILES string of the molecule is CC1(C)SC(=O)C2OC=CC=C21. The van der Waals surface area contributed by atoms with Crippen molar-refractivity contribution in [2.45, 2.75) is 24.7 Å². The predicted molar refractivity (Wildman–Crippen MR) is 48.8 cm³/mol. The lowest BCUT2D eigenvalue weighted by molar-refractivity contribution is -0.116. The first kappa shape index (κ1) is 7.92. The Morgan fingerprint density at radius 1 is 1.58 bits per heavy atom. The summed E-state index contributed by atoms with van der Waals surface area (Å²) in [7, 11) is 0. The van der Waals surface area contributed by atoms with E-state index in [1.807, 2.05) is 26.0 Å². The molecule has 0 amide bonds. The number of carbonyl (C=O) groups excluding carboxylic acids is 1. The van der Waals surface area contributed by atoms with Crippen LogP contribution in [0, 0.1) is 0 Å². The number of carbonyl (C=O) groups is 1. The summed E-state index contributed by atoms with van der Waals surface area (Å²) in [4.78, 5) is 11.4. The molecule has 0 aliphatic carbocycles. The molecule has 2 heterocycles. The minimum absolute atomic E-state index is 0.0908. The Morgan fingerprint density at radius 2 is 2.33 bits per heavy atom. The molecule has 0 radical (unpaired) electrons. The number of hydrogen-bond acceptors (Lipinski definition) is 3. The zero-order chi connectivity index (χ0) is 8.77. The van der Waals surface area contributed by atoms with Gasteiger partial charge >= 0.3 is 0 Å². The van der Waals surface area contributed by atoms with Gasteiger partial charge in [0.1, 0.15) is 0 Å². The van der Waals surface area contributed by atoms with Gasteiger partial charge in [-0.2, -0.15) is 0 Å². The van der Waals surface area contributed by atoms with E-state index < -0.39 is 0 Å². The van der Waals surface area contributed by atoms with Crippen molar-refractivity contribution in [3.05, 3.63) is 24.0 Å². The first-order valence-electron chi connectivity index (χ1n) is 3.87. The van der Waals surface area contributed by atoms with E-state index in [2.05, 4.69) is 0 Å². The highest BCUT2D eigenvalue weighted by Crippen LogP contribution is 2.45. The van der Waals surface area contributed by atoms with Crippen LogP contribution >= 0.6 is 11.8 Å². The number of ether oxygens (including phenoxy) is 1. The van der Waals surface area contributed by atoms with Crippen LogP contribution in [-0.2, 0) is 9.53 Å². The van der Waals surface area contributed by atoms with E-state index in [9.17, 15) is 4.79 Å². The van der Waals surface area contributed by atoms with E-state index in [0.717, 1.165) is 5.57 Å². The fourth-order valence-corrected chi connectivity index (χ4v) is 2.58. The van der Waals surface area contributed by atoms with Crippen molar-refractivity contribution in [1.29, 1.82) is 0 Å². The van der Waals surface area contributed by atoms with Gasteiger partial charge in [-0.3, -0.25) is 4.79 Å². The first-order chi connectivity index (χ1) is 5.61. The number of hydrogen-bond donors (Lipinski definition) is 0. The summed E-state index contributed by atoms with van der Waals surface area (Å²) in [5.41, 5.74) is 1.08. The molecule has 0 N–H and O–H groups in total. The molecule has 0 spiro atoms. The maximum atomic E-state index is 11.4. The normalized spacial score (nSPS) is 31.0. The molecule has 0 bridgehead atoms. The maximum Gasteiger partial charge on any atom is 0.234 e. The van der Waals surface area contributed by atoms with Gasteiger partial charge in [0.15, 0.2) is 6.10 Å². The van der Waals surface area contributed by atoms with Crippen molar-refractivity contribution in [2.24, 2.45) is 0 Å². The second kappa shape index (κ2) is 2.39. The minimum atomic E-state index is -0.324. The van der Waals surface area contributed by atoms with Gasteiger partial charge < -0.3 is 4.74 Å². The van der Waals surface area contributed by atoms with E-state index >= 15 is 0 Å². The minimum Gasteiger partial charge on any atom is -0.485 e. The zero-order valence-electron chi connectivity index (χ0n) is 7.03. The molecule has 2 rings (SSSR count). The molecule has 0 aromatic rings. The highest BCUT2D eigenvalue weighted by atomic mass is 32.2. The van der Waals surface area contributed by atoms with Crippen molar-refractivity contribution in [3.63, 3.8) is 0 Å². The average Bonchev–Trinajstić information content (AvgIpc) is 2.25. The predicted octanol–water partition coefficient (Wildman–Crippen LogP) is 1.88. The molecule has 2 nitrogen and oxygen atoms in total. The Bertz CT molecular complexity index is 289. The van der Waals surface area contributed by atoms with Crippen molar-refractivity contribution >= 4 is 16.9 Å². The van der Waals surface area contributed by atoms with E-state index in [1.165, 1.54) is 11.8 Å². The maximum absolute atomic E-state index is 11.4. The fraction of sp³-hybridized carbons (Fsp3) is 0.444. The fourth-order valence-electron chi connectivity index (χ4n) is 1.49. The van der Waals surface area contributed by atoms with E-state index in [0.29, 0.717) is 0 Å². The molecule has 64 valence electrons. The Kier molecular flexibility index (Phi) is 1.58. The Hall–Kier alpha value is -0.700. The van der Waals surface area contributed by atoms with Gasteiger partial charge in [0.2, 0.25) is 5.12 Å². The monoisotopic (exact) mass is 182 g/mol. The molecule has 0 aromatic carbocycles. The molecule has 0 saturated carbocycles. The van der Waals surface area contributed by atoms with Crippen LogP contribution < -0.4 is 0 Å². The van der Waals surface area contributed by atoms with Crippen LogP contribution in [0.5, 0.6) is 0 Å². The van der Waals surface area contributed by atoms with Gasteiger partial charge in [-0.25, -0.2) is 0 Å². The second-order valence-corrected chi connectivity index (χ2v) is 5.03. The van der Waals surface area contributed by atoms with Gasteiger partial charge in [0.25, 0.3) is 0 Å². The average molecular weight is 182 g/mol. The van der Waals surface area contributed by atoms with Gasteiger partial charge in [-0.15, -0.1) is 0 Å². The van der Waals surface area contributed by atoms with Crippen LogP contribution in [0.1, 0.15) is 13.8 Å². The van der Waals surface area contributed by atoms with Crippen molar-refractivity contribution in [2.75, 3.05) is 0 Å². The Labute approximate surface area is 75.7 Å². The van der Waals surface area contributed by atoms with Crippen LogP contribution in [0.3, 0.4) is 0 Å². The summed E-state index contributed by atoms with van der Waals surface area (Å²) in [5, 5.41) is 0.121. The molecule has 12 heavy (non-hydrogen) atoms. The largest absolute Gasteiger partial charge is 0.485 e. The summed E-state index contributed by atoms with van der Waals surface area (Å²) in [6, 6.07) is 0. The van der Waals surface area contributed by atoms with E-state index in [-0.39, 0.29) is 16.0 Å². The molecule has 2 aliphatic heterocycles. The summed E-state index contributed by atoms with van der Waals surface area (Å²) in [6.07, 6.45) is 5.07. The third-order valence-electron chi connectivity index (χ3n) is 2.12. The van der Waals surface area contributed by atoms with Crippen molar-refractivity contribution in [1.82, 2.24) is 0 Å². The Morgan fingerprint density at radius 3 is 3.00 bits per heavy atom. The second-order valence-electron chi connectivity index (χ2n) is 3.40. The smallest absolute Gasteiger partial charge is 0.234 e. The zero-order valence-corrected chi connectivity index (χ0v) is 7.85. The van der Waals surface area contributed by atoms with E-state index in [1.54, 1.807) is 6.26 Å². The third kappa shape index (κ3) is 1.00. The lowest BCUT2D eigenvalue weighted by Crippen LogP contribution is -2.23. The van der Waals surface area contributed by atoms with Gasteiger partial charge in [0, 0.05) is 4.75 Å². The van der Waals surface area contributed by atoms with Crippen LogP contribution in [0.4, 0.5) is 0 Å². The topological polar surface area (TPSA) is 26.3 Å². The first-order valence-corrected chi connectivity index (χ1v) is 4.68. The molecular formula is C9H10O2S. The van der Waals surface area contributed by atoms with Crippen molar-refractivity contribution in [3.8, 4) is 0 Å². The van der Waals surface area contributed by atoms with E-state index in [4.69, 9.17) is 4.74 Å². The summed E-state index contributed by atoms with van der Waals surface area (Å²) >= 11 is 1.36. The molecular weight excluding hydrogens is 172 g/mol. The number of rotatable bonds is 0. The summed E-state index contributed by atoms with van der Waals surface area (Å²) in [5.74, 6) is 0.